The topological polar surface area (TPSA) is 35.2 Å². The molecule has 1 atom stereocenters. The number of hydrogen-bond acceptors (Lipinski definition) is 2. The fraction of sp³-hybridized carbons (Fsp3) is 0.250. The Hall–Kier alpha value is -1.96. The lowest BCUT2D eigenvalue weighted by atomic mass is 10.1. The van der Waals surface area contributed by atoms with Gasteiger partial charge in [-0.25, -0.2) is 0 Å². The van der Waals surface area contributed by atoms with Crippen molar-refractivity contribution in [1.82, 2.24) is 0 Å². The van der Waals surface area contributed by atoms with Gasteiger partial charge in [0, 0.05) is 5.69 Å². The van der Waals surface area contributed by atoms with Gasteiger partial charge in [-0.1, -0.05) is 18.2 Å². The number of rotatable bonds is 3. The monoisotopic (exact) mass is 241 g/mol. The van der Waals surface area contributed by atoms with E-state index in [1.165, 1.54) is 11.1 Å². The minimum absolute atomic E-state index is 0.0202. The van der Waals surface area contributed by atoms with Crippen LogP contribution in [0.4, 0.5) is 5.69 Å². The van der Waals surface area contributed by atoms with Crippen LogP contribution in [0.1, 0.15) is 29.7 Å². The molecule has 2 aromatic carbocycles. The molecule has 2 heteroatoms. The highest BCUT2D eigenvalue weighted by molar-refractivity contribution is 5.40. The highest BCUT2D eigenvalue weighted by atomic mass is 16.5. The van der Waals surface area contributed by atoms with Crippen LogP contribution >= 0.6 is 0 Å². The number of ether oxygens (including phenoxy) is 1. The molecule has 0 bridgehead atoms. The van der Waals surface area contributed by atoms with E-state index >= 15 is 0 Å². The lowest BCUT2D eigenvalue weighted by Gasteiger charge is -2.16. The Morgan fingerprint density at radius 2 is 1.50 bits per heavy atom. The van der Waals surface area contributed by atoms with Crippen molar-refractivity contribution in [2.45, 2.75) is 26.9 Å². The zero-order valence-electron chi connectivity index (χ0n) is 11.1. The molecule has 0 saturated heterocycles. The second-order valence-corrected chi connectivity index (χ2v) is 4.75. The maximum absolute atomic E-state index is 5.96. The van der Waals surface area contributed by atoms with Crippen molar-refractivity contribution in [2.24, 2.45) is 0 Å². The Morgan fingerprint density at radius 3 is 2.06 bits per heavy atom. The van der Waals surface area contributed by atoms with Gasteiger partial charge in [0.1, 0.15) is 11.9 Å². The van der Waals surface area contributed by atoms with Gasteiger partial charge in [-0.05, 0) is 61.7 Å². The van der Waals surface area contributed by atoms with E-state index in [9.17, 15) is 0 Å². The Bertz CT molecular complexity index is 511. The molecule has 94 valence electrons. The molecule has 18 heavy (non-hydrogen) atoms. The molecule has 2 aromatic rings. The molecule has 2 nitrogen and oxygen atoms in total. The molecule has 0 radical (unpaired) electrons. The third kappa shape index (κ3) is 3.04. The van der Waals surface area contributed by atoms with Gasteiger partial charge in [0.15, 0.2) is 0 Å². The lowest BCUT2D eigenvalue weighted by Crippen LogP contribution is -2.03. The molecule has 0 saturated carbocycles. The maximum Gasteiger partial charge on any atom is 0.121 e. The first-order valence-corrected chi connectivity index (χ1v) is 6.15. The van der Waals surface area contributed by atoms with Gasteiger partial charge in [-0.15, -0.1) is 0 Å². The van der Waals surface area contributed by atoms with Crippen molar-refractivity contribution >= 4 is 5.69 Å². The summed E-state index contributed by atoms with van der Waals surface area (Å²) in [7, 11) is 0. The van der Waals surface area contributed by atoms with Crippen molar-refractivity contribution in [2.75, 3.05) is 5.73 Å². The van der Waals surface area contributed by atoms with E-state index < -0.39 is 0 Å². The smallest absolute Gasteiger partial charge is 0.121 e. The van der Waals surface area contributed by atoms with Crippen LogP contribution < -0.4 is 10.5 Å². The van der Waals surface area contributed by atoms with Gasteiger partial charge >= 0.3 is 0 Å². The van der Waals surface area contributed by atoms with E-state index in [2.05, 4.69) is 32.0 Å². The third-order valence-electron chi connectivity index (χ3n) is 2.91. The summed E-state index contributed by atoms with van der Waals surface area (Å²) in [6.45, 7) is 6.20. The molecule has 2 N–H and O–H groups in total. The predicted molar refractivity (Wildman–Crippen MR) is 75.8 cm³/mol. The molecule has 0 aliphatic heterocycles. The molecule has 0 amide bonds. The van der Waals surface area contributed by atoms with Crippen molar-refractivity contribution in [3.05, 3.63) is 59.2 Å². The number of nitrogens with two attached hydrogens (primary N) is 1. The van der Waals surface area contributed by atoms with E-state index in [4.69, 9.17) is 10.5 Å². The minimum atomic E-state index is 0.0202. The largest absolute Gasteiger partial charge is 0.486 e. The average molecular weight is 241 g/mol. The highest BCUT2D eigenvalue weighted by Gasteiger charge is 2.07. The molecule has 0 heterocycles. The van der Waals surface area contributed by atoms with Gasteiger partial charge in [0.2, 0.25) is 0 Å². The standard InChI is InChI=1S/C16H19NO/c1-11-8-12(2)10-16(9-11)18-13(3)14-4-6-15(17)7-5-14/h4-10,13H,17H2,1-3H3. The quantitative estimate of drug-likeness (QED) is 0.823. The van der Waals surface area contributed by atoms with E-state index in [1.54, 1.807) is 0 Å². The fourth-order valence-electron chi connectivity index (χ4n) is 2.04. The van der Waals surface area contributed by atoms with Crippen molar-refractivity contribution in [3.8, 4) is 5.75 Å². The summed E-state index contributed by atoms with van der Waals surface area (Å²) in [5, 5.41) is 0. The summed E-state index contributed by atoms with van der Waals surface area (Å²) in [5.41, 5.74) is 10.0. The molecule has 0 fully saturated rings. The van der Waals surface area contributed by atoms with Crippen LogP contribution in [-0.2, 0) is 0 Å². The molecule has 0 aromatic heterocycles. The first-order valence-electron chi connectivity index (χ1n) is 6.15. The molecular weight excluding hydrogens is 222 g/mol. The van der Waals surface area contributed by atoms with Crippen LogP contribution in [-0.4, -0.2) is 0 Å². The molecular formula is C16H19NO. The van der Waals surface area contributed by atoms with Gasteiger partial charge in [-0.3, -0.25) is 0 Å². The number of hydrogen-bond donors (Lipinski definition) is 1. The summed E-state index contributed by atoms with van der Waals surface area (Å²) in [5.74, 6) is 0.914. The second kappa shape index (κ2) is 5.13. The van der Waals surface area contributed by atoms with Gasteiger partial charge in [0.05, 0.1) is 0 Å². The van der Waals surface area contributed by atoms with Gasteiger partial charge in [-0.2, -0.15) is 0 Å². The van der Waals surface area contributed by atoms with E-state index in [1.807, 2.05) is 31.2 Å². The van der Waals surface area contributed by atoms with Crippen LogP contribution in [0.3, 0.4) is 0 Å². The lowest BCUT2D eigenvalue weighted by molar-refractivity contribution is 0.226. The Kier molecular flexibility index (Phi) is 3.56. The zero-order valence-corrected chi connectivity index (χ0v) is 11.1. The van der Waals surface area contributed by atoms with Crippen LogP contribution in [0.25, 0.3) is 0 Å². The molecule has 0 aliphatic carbocycles. The van der Waals surface area contributed by atoms with Crippen molar-refractivity contribution in [1.29, 1.82) is 0 Å². The number of nitrogen functional groups attached to an aromatic ring is 1. The number of aryl methyl sites for hydroxylation is 2. The Labute approximate surface area is 108 Å². The highest BCUT2D eigenvalue weighted by Crippen LogP contribution is 2.24. The van der Waals surface area contributed by atoms with Gasteiger partial charge < -0.3 is 10.5 Å². The maximum atomic E-state index is 5.96. The fourth-order valence-corrected chi connectivity index (χ4v) is 2.04. The van der Waals surface area contributed by atoms with Crippen molar-refractivity contribution < 1.29 is 4.74 Å². The van der Waals surface area contributed by atoms with Crippen molar-refractivity contribution in [3.63, 3.8) is 0 Å². The molecule has 1 unspecified atom stereocenters. The van der Waals surface area contributed by atoms with E-state index in [0.717, 1.165) is 17.0 Å². The first kappa shape index (κ1) is 12.5. The summed E-state index contributed by atoms with van der Waals surface area (Å²) < 4.78 is 5.96. The van der Waals surface area contributed by atoms with E-state index in [0.29, 0.717) is 0 Å². The Balaban J connectivity index is 2.15. The minimum Gasteiger partial charge on any atom is -0.486 e. The van der Waals surface area contributed by atoms with Gasteiger partial charge in [0.25, 0.3) is 0 Å². The Morgan fingerprint density at radius 1 is 0.944 bits per heavy atom. The van der Waals surface area contributed by atoms with Crippen LogP contribution in [0.2, 0.25) is 0 Å². The average Bonchev–Trinajstić information content (AvgIpc) is 2.28. The van der Waals surface area contributed by atoms with E-state index in [-0.39, 0.29) is 6.10 Å². The SMILES string of the molecule is Cc1cc(C)cc(OC(C)c2ccc(N)cc2)c1. The summed E-state index contributed by atoms with van der Waals surface area (Å²) in [6.07, 6.45) is 0.0202. The molecule has 0 aliphatic rings. The third-order valence-corrected chi connectivity index (χ3v) is 2.91. The first-order chi connectivity index (χ1) is 8.54. The van der Waals surface area contributed by atoms with Crippen LogP contribution in [0.5, 0.6) is 5.75 Å². The zero-order chi connectivity index (χ0) is 13.1. The summed E-state index contributed by atoms with van der Waals surface area (Å²) >= 11 is 0. The summed E-state index contributed by atoms with van der Waals surface area (Å²) in [4.78, 5) is 0. The molecule has 2 rings (SSSR count). The summed E-state index contributed by atoms with van der Waals surface area (Å²) in [6, 6.07) is 14.1. The molecule has 0 spiro atoms. The van der Waals surface area contributed by atoms with Crippen LogP contribution in [0, 0.1) is 13.8 Å². The number of anilines is 1. The normalized spacial score (nSPS) is 12.2. The predicted octanol–water partition coefficient (Wildman–Crippen LogP) is 4.03. The number of benzene rings is 2. The second-order valence-electron chi connectivity index (χ2n) is 4.75. The van der Waals surface area contributed by atoms with Crippen LogP contribution in [0.15, 0.2) is 42.5 Å².